The minimum atomic E-state index is -0.312. The number of rotatable bonds is 7. The van der Waals surface area contributed by atoms with E-state index in [1.165, 1.54) is 0 Å². The lowest BCUT2D eigenvalue weighted by Gasteiger charge is -2.08. The van der Waals surface area contributed by atoms with Crippen LogP contribution in [0.5, 0.6) is 5.75 Å². The molecule has 0 saturated carbocycles. The van der Waals surface area contributed by atoms with E-state index >= 15 is 0 Å². The van der Waals surface area contributed by atoms with Gasteiger partial charge in [-0.3, -0.25) is 9.59 Å². The van der Waals surface area contributed by atoms with Gasteiger partial charge in [-0.2, -0.15) is 0 Å². The topological polar surface area (TPSA) is 67.4 Å². The molecule has 1 rings (SSSR count). The molecule has 0 unspecified atom stereocenters. The predicted octanol–water partition coefficient (Wildman–Crippen LogP) is 1.02. The predicted molar refractivity (Wildman–Crippen MR) is 73.0 cm³/mol. The van der Waals surface area contributed by atoms with E-state index in [9.17, 15) is 9.59 Å². The van der Waals surface area contributed by atoms with Gasteiger partial charge in [0, 0.05) is 6.54 Å². The highest BCUT2D eigenvalue weighted by molar-refractivity contribution is 5.85. The number of aryl methyl sites for hydroxylation is 1. The molecule has 0 aliphatic rings. The van der Waals surface area contributed by atoms with Crippen molar-refractivity contribution in [3.05, 3.63) is 29.8 Å². The van der Waals surface area contributed by atoms with Crippen molar-refractivity contribution in [1.82, 2.24) is 10.6 Å². The number of hydrogen-bond acceptors (Lipinski definition) is 3. The number of nitrogens with one attached hydrogen (secondary N) is 2. The Balaban J connectivity index is 2.23. The van der Waals surface area contributed by atoms with Crippen LogP contribution in [-0.4, -0.2) is 31.5 Å². The quantitative estimate of drug-likeness (QED) is 0.772. The minimum Gasteiger partial charge on any atom is -0.484 e. The summed E-state index contributed by atoms with van der Waals surface area (Å²) in [4.78, 5) is 22.7. The summed E-state index contributed by atoms with van der Waals surface area (Å²) in [6.45, 7) is 4.43. The fourth-order valence-electron chi connectivity index (χ4n) is 1.41. The first-order chi connectivity index (χ1) is 9.11. The number of hydrogen-bond donors (Lipinski definition) is 2. The lowest BCUT2D eigenvalue weighted by atomic mass is 10.2. The van der Waals surface area contributed by atoms with Crippen LogP contribution in [-0.2, 0) is 9.59 Å². The Kier molecular flexibility index (Phi) is 6.43. The van der Waals surface area contributed by atoms with Gasteiger partial charge in [0.2, 0.25) is 5.91 Å². The molecular weight excluding hydrogens is 244 g/mol. The average Bonchev–Trinajstić information content (AvgIpc) is 2.40. The summed E-state index contributed by atoms with van der Waals surface area (Å²) >= 11 is 0. The molecule has 0 spiro atoms. The highest BCUT2D eigenvalue weighted by Crippen LogP contribution is 2.11. The van der Waals surface area contributed by atoms with Gasteiger partial charge in [0.05, 0.1) is 6.54 Å². The molecular formula is C14H20N2O3. The normalized spacial score (nSPS) is 9.79. The van der Waals surface area contributed by atoms with Crippen LogP contribution in [0.2, 0.25) is 0 Å². The van der Waals surface area contributed by atoms with Crippen molar-refractivity contribution in [2.24, 2.45) is 0 Å². The van der Waals surface area contributed by atoms with Crippen molar-refractivity contribution in [3.63, 3.8) is 0 Å². The number of carbonyl (C=O) groups excluding carboxylic acids is 2. The van der Waals surface area contributed by atoms with E-state index in [1.807, 2.05) is 32.0 Å². The van der Waals surface area contributed by atoms with Crippen LogP contribution in [0.3, 0.4) is 0 Å². The van der Waals surface area contributed by atoms with Crippen molar-refractivity contribution in [2.75, 3.05) is 19.7 Å². The molecule has 0 aliphatic heterocycles. The maximum atomic E-state index is 11.5. The summed E-state index contributed by atoms with van der Waals surface area (Å²) in [6, 6.07) is 7.45. The second-order valence-electron chi connectivity index (χ2n) is 4.23. The third kappa shape index (κ3) is 6.45. The maximum Gasteiger partial charge on any atom is 0.258 e. The summed E-state index contributed by atoms with van der Waals surface area (Å²) < 4.78 is 5.32. The highest BCUT2D eigenvalue weighted by Gasteiger charge is 2.05. The molecule has 0 fully saturated rings. The van der Waals surface area contributed by atoms with Gasteiger partial charge < -0.3 is 15.4 Å². The van der Waals surface area contributed by atoms with Crippen LogP contribution in [0.15, 0.2) is 24.3 Å². The molecule has 0 bridgehead atoms. The lowest BCUT2D eigenvalue weighted by Crippen LogP contribution is -2.39. The van der Waals surface area contributed by atoms with E-state index in [4.69, 9.17) is 4.74 Å². The number of ether oxygens (including phenoxy) is 1. The fraction of sp³-hybridized carbons (Fsp3) is 0.429. The smallest absolute Gasteiger partial charge is 0.258 e. The van der Waals surface area contributed by atoms with Crippen LogP contribution < -0.4 is 15.4 Å². The van der Waals surface area contributed by atoms with Crippen molar-refractivity contribution < 1.29 is 14.3 Å². The average molecular weight is 264 g/mol. The summed E-state index contributed by atoms with van der Waals surface area (Å²) in [5, 5.41) is 5.17. The molecule has 0 aliphatic carbocycles. The molecule has 1 aromatic rings. The van der Waals surface area contributed by atoms with E-state index in [0.717, 1.165) is 12.0 Å². The van der Waals surface area contributed by atoms with Crippen molar-refractivity contribution in [3.8, 4) is 5.75 Å². The van der Waals surface area contributed by atoms with Gasteiger partial charge >= 0.3 is 0 Å². The largest absolute Gasteiger partial charge is 0.484 e. The Hall–Kier alpha value is -2.04. The zero-order valence-electron chi connectivity index (χ0n) is 11.4. The highest BCUT2D eigenvalue weighted by atomic mass is 16.5. The summed E-state index contributed by atoms with van der Waals surface area (Å²) in [7, 11) is 0. The fourth-order valence-corrected chi connectivity index (χ4v) is 1.41. The van der Waals surface area contributed by atoms with Gasteiger partial charge in [0.25, 0.3) is 5.91 Å². The molecule has 5 heteroatoms. The Morgan fingerprint density at radius 2 is 2.00 bits per heavy atom. The van der Waals surface area contributed by atoms with Crippen LogP contribution in [0, 0.1) is 6.92 Å². The van der Waals surface area contributed by atoms with E-state index < -0.39 is 0 Å². The molecule has 5 nitrogen and oxygen atoms in total. The molecule has 0 aromatic heterocycles. The zero-order valence-corrected chi connectivity index (χ0v) is 11.4. The molecule has 0 heterocycles. The molecule has 0 atom stereocenters. The Morgan fingerprint density at radius 1 is 1.21 bits per heavy atom. The summed E-state index contributed by atoms with van der Waals surface area (Å²) in [5.41, 5.74) is 1.07. The molecule has 1 aromatic carbocycles. The lowest BCUT2D eigenvalue weighted by molar-refractivity contribution is -0.127. The van der Waals surface area contributed by atoms with E-state index in [-0.39, 0.29) is 25.0 Å². The van der Waals surface area contributed by atoms with Crippen molar-refractivity contribution in [1.29, 1.82) is 0 Å². The second-order valence-corrected chi connectivity index (χ2v) is 4.23. The Morgan fingerprint density at radius 3 is 2.68 bits per heavy atom. The van der Waals surface area contributed by atoms with Crippen LogP contribution in [0.4, 0.5) is 0 Å². The molecule has 2 amide bonds. The van der Waals surface area contributed by atoms with E-state index in [2.05, 4.69) is 10.6 Å². The van der Waals surface area contributed by atoms with Gasteiger partial charge in [0.1, 0.15) is 5.75 Å². The Labute approximate surface area is 113 Å². The first kappa shape index (κ1) is 15.0. The summed E-state index contributed by atoms with van der Waals surface area (Å²) in [5.74, 6) is 0.143. The minimum absolute atomic E-state index is 0.0178. The third-order valence-corrected chi connectivity index (χ3v) is 2.38. The Bertz CT molecular complexity index is 432. The first-order valence-corrected chi connectivity index (χ1v) is 6.34. The first-order valence-electron chi connectivity index (χ1n) is 6.34. The molecule has 104 valence electrons. The maximum absolute atomic E-state index is 11.5. The zero-order chi connectivity index (χ0) is 14.1. The standard InChI is InChI=1S/C14H20N2O3/c1-3-7-15-13(17)9-16-14(18)10-19-12-6-4-5-11(2)8-12/h4-6,8H,3,7,9-10H2,1-2H3,(H,15,17)(H,16,18). The number of carbonyl (C=O) groups is 2. The number of benzene rings is 1. The summed E-state index contributed by atoms with van der Waals surface area (Å²) in [6.07, 6.45) is 0.871. The molecule has 2 N–H and O–H groups in total. The van der Waals surface area contributed by atoms with Crippen molar-refractivity contribution >= 4 is 11.8 Å². The monoisotopic (exact) mass is 264 g/mol. The second kappa shape index (κ2) is 8.13. The van der Waals surface area contributed by atoms with Gasteiger partial charge in [-0.05, 0) is 31.0 Å². The van der Waals surface area contributed by atoms with Gasteiger partial charge in [-0.25, -0.2) is 0 Å². The van der Waals surface area contributed by atoms with E-state index in [0.29, 0.717) is 12.3 Å². The van der Waals surface area contributed by atoms with Crippen LogP contribution >= 0.6 is 0 Å². The molecule has 0 saturated heterocycles. The van der Waals surface area contributed by atoms with Crippen LogP contribution in [0.25, 0.3) is 0 Å². The van der Waals surface area contributed by atoms with Crippen LogP contribution in [0.1, 0.15) is 18.9 Å². The van der Waals surface area contributed by atoms with Crippen molar-refractivity contribution in [2.45, 2.75) is 20.3 Å². The molecule has 19 heavy (non-hydrogen) atoms. The van der Waals surface area contributed by atoms with Gasteiger partial charge in [0.15, 0.2) is 6.61 Å². The molecule has 0 radical (unpaired) electrons. The number of amides is 2. The van der Waals surface area contributed by atoms with Gasteiger partial charge in [-0.1, -0.05) is 19.1 Å². The van der Waals surface area contributed by atoms with Gasteiger partial charge in [-0.15, -0.1) is 0 Å². The van der Waals surface area contributed by atoms with E-state index in [1.54, 1.807) is 6.07 Å². The third-order valence-electron chi connectivity index (χ3n) is 2.38. The SMILES string of the molecule is CCCNC(=O)CNC(=O)COc1cccc(C)c1.